The third kappa shape index (κ3) is 4.40. The minimum atomic E-state index is -0.791. The Hall–Kier alpha value is -1.88. The number of ether oxygens (including phenoxy) is 2. The molecule has 0 fully saturated rings. The average Bonchev–Trinajstić information content (AvgIpc) is 2.64. The van der Waals surface area contributed by atoms with E-state index in [0.29, 0.717) is 26.3 Å². The van der Waals surface area contributed by atoms with Gasteiger partial charge in [-0.05, 0) is 36.5 Å². The Kier molecular flexibility index (Phi) is 6.08. The average molecular weight is 341 g/mol. The normalized spacial score (nSPS) is 19.4. The summed E-state index contributed by atoms with van der Waals surface area (Å²) in [4.78, 5) is 0. The van der Waals surface area contributed by atoms with Gasteiger partial charge in [-0.2, -0.15) is 0 Å². The lowest BCUT2D eigenvalue weighted by atomic mass is 9.79. The SMILES string of the molecule is COCCOc1ccccc1CNCC1(O)CCCc2ccccc21. The highest BCUT2D eigenvalue weighted by molar-refractivity contribution is 5.36. The number of fused-ring (bicyclic) bond motifs is 1. The minimum Gasteiger partial charge on any atom is -0.491 e. The first-order chi connectivity index (χ1) is 12.2. The van der Waals surface area contributed by atoms with Gasteiger partial charge in [0.1, 0.15) is 18.0 Å². The molecule has 0 spiro atoms. The summed E-state index contributed by atoms with van der Waals surface area (Å²) in [5.74, 6) is 0.864. The van der Waals surface area contributed by atoms with Gasteiger partial charge in [-0.3, -0.25) is 0 Å². The Morgan fingerprint density at radius 3 is 2.76 bits per heavy atom. The lowest BCUT2D eigenvalue weighted by molar-refractivity contribution is 0.0189. The maximum absolute atomic E-state index is 11.1. The molecule has 0 saturated carbocycles. The molecule has 25 heavy (non-hydrogen) atoms. The molecule has 0 bridgehead atoms. The first-order valence-corrected chi connectivity index (χ1v) is 8.94. The molecule has 0 saturated heterocycles. The Bertz CT molecular complexity index is 688. The number of aryl methyl sites for hydroxylation is 1. The Morgan fingerprint density at radius 1 is 1.08 bits per heavy atom. The van der Waals surface area contributed by atoms with E-state index in [1.54, 1.807) is 7.11 Å². The van der Waals surface area contributed by atoms with Crippen LogP contribution in [0.5, 0.6) is 5.75 Å². The molecule has 0 aromatic heterocycles. The van der Waals surface area contributed by atoms with Crippen LogP contribution < -0.4 is 10.1 Å². The molecule has 4 heteroatoms. The smallest absolute Gasteiger partial charge is 0.123 e. The molecular weight excluding hydrogens is 314 g/mol. The van der Waals surface area contributed by atoms with Crippen molar-refractivity contribution >= 4 is 0 Å². The molecule has 1 aliphatic rings. The zero-order chi connectivity index (χ0) is 17.5. The van der Waals surface area contributed by atoms with Gasteiger partial charge < -0.3 is 19.9 Å². The van der Waals surface area contributed by atoms with Crippen LogP contribution in [-0.2, 0) is 23.3 Å². The summed E-state index contributed by atoms with van der Waals surface area (Å²) in [6, 6.07) is 16.2. The van der Waals surface area contributed by atoms with Crippen LogP contribution >= 0.6 is 0 Å². The molecule has 0 radical (unpaired) electrons. The molecule has 0 aliphatic heterocycles. The Morgan fingerprint density at radius 2 is 1.88 bits per heavy atom. The van der Waals surface area contributed by atoms with Crippen molar-refractivity contribution < 1.29 is 14.6 Å². The van der Waals surface area contributed by atoms with E-state index in [4.69, 9.17) is 9.47 Å². The predicted molar refractivity (Wildman–Crippen MR) is 98.8 cm³/mol. The number of rotatable bonds is 8. The third-order valence-electron chi connectivity index (χ3n) is 4.81. The molecule has 1 aliphatic carbocycles. The lowest BCUT2D eigenvalue weighted by Crippen LogP contribution is -2.40. The van der Waals surface area contributed by atoms with Crippen molar-refractivity contribution in [1.29, 1.82) is 0 Å². The van der Waals surface area contributed by atoms with Gasteiger partial charge in [0.15, 0.2) is 0 Å². The van der Waals surface area contributed by atoms with Crippen LogP contribution in [0.1, 0.15) is 29.5 Å². The molecule has 1 unspecified atom stereocenters. The molecule has 0 heterocycles. The topological polar surface area (TPSA) is 50.7 Å². The van der Waals surface area contributed by atoms with E-state index in [9.17, 15) is 5.11 Å². The highest BCUT2D eigenvalue weighted by Crippen LogP contribution is 2.34. The number of para-hydroxylation sites is 1. The number of hydrogen-bond acceptors (Lipinski definition) is 4. The fourth-order valence-corrected chi connectivity index (χ4v) is 3.51. The summed E-state index contributed by atoms with van der Waals surface area (Å²) in [5, 5.41) is 14.6. The van der Waals surface area contributed by atoms with Crippen molar-refractivity contribution in [2.45, 2.75) is 31.4 Å². The van der Waals surface area contributed by atoms with Gasteiger partial charge in [-0.25, -0.2) is 0 Å². The Labute approximate surface area is 149 Å². The Balaban J connectivity index is 1.62. The van der Waals surface area contributed by atoms with E-state index >= 15 is 0 Å². The number of methoxy groups -OCH3 is 1. The summed E-state index contributed by atoms with van der Waals surface area (Å²) in [6.45, 7) is 2.30. The van der Waals surface area contributed by atoms with Crippen molar-refractivity contribution in [3.8, 4) is 5.75 Å². The largest absolute Gasteiger partial charge is 0.491 e. The zero-order valence-corrected chi connectivity index (χ0v) is 14.8. The first-order valence-electron chi connectivity index (χ1n) is 8.94. The number of hydrogen-bond donors (Lipinski definition) is 2. The van der Waals surface area contributed by atoms with E-state index < -0.39 is 5.60 Å². The number of aliphatic hydroxyl groups is 1. The van der Waals surface area contributed by atoms with E-state index in [2.05, 4.69) is 17.4 Å². The standard InChI is InChI=1S/C21H27NO3/c1-24-13-14-25-20-11-5-3-8-18(20)15-22-16-21(23)12-6-9-17-7-2-4-10-19(17)21/h2-5,7-8,10-11,22-23H,6,9,12-16H2,1H3. The third-order valence-corrected chi connectivity index (χ3v) is 4.81. The molecule has 1 atom stereocenters. The molecule has 2 aromatic carbocycles. The predicted octanol–water partition coefficient (Wildman–Crippen LogP) is 3.03. The van der Waals surface area contributed by atoms with Crippen LogP contribution in [0.15, 0.2) is 48.5 Å². The lowest BCUT2D eigenvalue weighted by Gasteiger charge is -2.35. The molecule has 2 N–H and O–H groups in total. The fourth-order valence-electron chi connectivity index (χ4n) is 3.51. The second-order valence-corrected chi connectivity index (χ2v) is 6.59. The monoisotopic (exact) mass is 341 g/mol. The van der Waals surface area contributed by atoms with Gasteiger partial charge in [-0.15, -0.1) is 0 Å². The highest BCUT2D eigenvalue weighted by atomic mass is 16.5. The van der Waals surface area contributed by atoms with Gasteiger partial charge in [0.2, 0.25) is 0 Å². The van der Waals surface area contributed by atoms with Crippen molar-refractivity contribution in [1.82, 2.24) is 5.32 Å². The minimum absolute atomic E-state index is 0.533. The van der Waals surface area contributed by atoms with Crippen LogP contribution in [0.25, 0.3) is 0 Å². The first kappa shape index (κ1) is 17.9. The molecular formula is C21H27NO3. The van der Waals surface area contributed by atoms with Crippen molar-refractivity contribution in [2.24, 2.45) is 0 Å². The van der Waals surface area contributed by atoms with E-state index in [0.717, 1.165) is 36.1 Å². The van der Waals surface area contributed by atoms with Crippen LogP contribution in [0.2, 0.25) is 0 Å². The summed E-state index contributed by atoms with van der Waals surface area (Å²) in [5.41, 5.74) is 2.63. The second kappa shape index (κ2) is 8.48. The molecule has 0 amide bonds. The fraction of sp³-hybridized carbons (Fsp3) is 0.429. The van der Waals surface area contributed by atoms with Crippen LogP contribution in [0.3, 0.4) is 0 Å². The number of nitrogens with one attached hydrogen (secondary N) is 1. The van der Waals surface area contributed by atoms with Crippen LogP contribution in [0, 0.1) is 0 Å². The molecule has 4 nitrogen and oxygen atoms in total. The van der Waals surface area contributed by atoms with Crippen LogP contribution in [-0.4, -0.2) is 32.0 Å². The molecule has 3 rings (SSSR count). The summed E-state index contributed by atoms with van der Waals surface area (Å²) in [7, 11) is 1.67. The van der Waals surface area contributed by atoms with Crippen molar-refractivity contribution in [3.63, 3.8) is 0 Å². The zero-order valence-electron chi connectivity index (χ0n) is 14.8. The van der Waals surface area contributed by atoms with E-state index in [1.807, 2.05) is 36.4 Å². The molecule has 134 valence electrons. The quantitative estimate of drug-likeness (QED) is 0.725. The highest BCUT2D eigenvalue weighted by Gasteiger charge is 2.33. The van der Waals surface area contributed by atoms with E-state index in [1.165, 1.54) is 5.56 Å². The van der Waals surface area contributed by atoms with Gasteiger partial charge in [-0.1, -0.05) is 42.5 Å². The number of benzene rings is 2. The maximum Gasteiger partial charge on any atom is 0.123 e. The summed E-state index contributed by atoms with van der Waals surface area (Å²) < 4.78 is 10.8. The maximum atomic E-state index is 11.1. The van der Waals surface area contributed by atoms with Crippen molar-refractivity contribution in [2.75, 3.05) is 26.9 Å². The molecule has 2 aromatic rings. The van der Waals surface area contributed by atoms with Gasteiger partial charge in [0, 0.05) is 25.8 Å². The van der Waals surface area contributed by atoms with Gasteiger partial charge in [0.05, 0.1) is 6.61 Å². The van der Waals surface area contributed by atoms with Crippen molar-refractivity contribution in [3.05, 3.63) is 65.2 Å². The summed E-state index contributed by atoms with van der Waals surface area (Å²) >= 11 is 0. The van der Waals surface area contributed by atoms with Gasteiger partial charge >= 0.3 is 0 Å². The van der Waals surface area contributed by atoms with E-state index in [-0.39, 0.29) is 0 Å². The van der Waals surface area contributed by atoms with Gasteiger partial charge in [0.25, 0.3) is 0 Å². The second-order valence-electron chi connectivity index (χ2n) is 6.59. The summed E-state index contributed by atoms with van der Waals surface area (Å²) in [6.07, 6.45) is 2.86. The van der Waals surface area contributed by atoms with Crippen LogP contribution in [0.4, 0.5) is 0 Å².